The van der Waals surface area contributed by atoms with Crippen molar-refractivity contribution in [2.45, 2.75) is 26.2 Å². The highest BCUT2D eigenvalue weighted by molar-refractivity contribution is 5.41. The van der Waals surface area contributed by atoms with Crippen molar-refractivity contribution in [2.24, 2.45) is 0 Å². The molecule has 0 unspecified atom stereocenters. The molecule has 13 heavy (non-hydrogen) atoms. The summed E-state index contributed by atoms with van der Waals surface area (Å²) in [7, 11) is 0. The maximum atomic E-state index is 10.2. The molecule has 0 amide bonds. The summed E-state index contributed by atoms with van der Waals surface area (Å²) in [6.45, 7) is 2.15. The lowest BCUT2D eigenvalue weighted by molar-refractivity contribution is -0.351. The van der Waals surface area contributed by atoms with Gasteiger partial charge in [0.2, 0.25) is 5.69 Å². The molecule has 0 aliphatic carbocycles. The second-order valence-electron chi connectivity index (χ2n) is 2.99. The van der Waals surface area contributed by atoms with Crippen molar-refractivity contribution in [3.05, 3.63) is 29.8 Å². The first-order valence-electron chi connectivity index (χ1n) is 4.59. The van der Waals surface area contributed by atoms with E-state index in [9.17, 15) is 4.79 Å². The number of nitrogens with one attached hydrogen (secondary N) is 1. The largest absolute Gasteiger partial charge is 0.428 e. The van der Waals surface area contributed by atoms with E-state index in [4.69, 9.17) is 0 Å². The molecule has 1 aromatic rings. The molecule has 0 saturated heterocycles. The fourth-order valence-corrected chi connectivity index (χ4v) is 1.28. The smallest absolute Gasteiger partial charge is 0.159 e. The van der Waals surface area contributed by atoms with Gasteiger partial charge in [0.15, 0.2) is 0 Å². The molecular weight excluding hydrogens is 162 g/mol. The minimum atomic E-state index is 0.881. The van der Waals surface area contributed by atoms with Crippen LogP contribution >= 0.6 is 0 Å². The Kier molecular flexibility index (Phi) is 3.94. The molecule has 1 aromatic carbocycles. The summed E-state index contributed by atoms with van der Waals surface area (Å²) in [6.07, 6.45) is 5.03. The average Bonchev–Trinajstić information content (AvgIpc) is 2.17. The van der Waals surface area contributed by atoms with Gasteiger partial charge in [-0.2, -0.15) is 4.79 Å². The molecule has 1 rings (SSSR count). The van der Waals surface area contributed by atoms with Crippen molar-refractivity contribution >= 4 is 11.8 Å². The lowest BCUT2D eigenvalue weighted by atomic mass is 10.1. The Morgan fingerprint density at radius 2 is 2.15 bits per heavy atom. The van der Waals surface area contributed by atoms with Crippen LogP contribution in [0.3, 0.4) is 0 Å². The van der Waals surface area contributed by atoms with Gasteiger partial charge in [-0.3, -0.25) is 0 Å². The molecule has 0 saturated carbocycles. The summed E-state index contributed by atoms with van der Waals surface area (Å²) in [4.78, 5) is 12.7. The van der Waals surface area contributed by atoms with Gasteiger partial charge < -0.3 is 0 Å². The van der Waals surface area contributed by atoms with Gasteiger partial charge in [0.1, 0.15) is 0 Å². The van der Waals surface area contributed by atoms with Crippen LogP contribution in [-0.4, -0.2) is 6.08 Å². The Labute approximate surface area is 78.3 Å². The number of benzene rings is 1. The first-order chi connectivity index (χ1) is 6.38. The fraction of sp³-hybridized carbons (Fsp3) is 0.364. The second kappa shape index (κ2) is 5.28. The SMILES string of the molecule is CCCCc1ccccc1[NH+]=C=O. The van der Waals surface area contributed by atoms with E-state index in [0.717, 1.165) is 18.5 Å². The quantitative estimate of drug-likeness (QED) is 0.540. The predicted molar refractivity (Wildman–Crippen MR) is 51.4 cm³/mol. The van der Waals surface area contributed by atoms with E-state index in [1.807, 2.05) is 24.3 Å². The summed E-state index contributed by atoms with van der Waals surface area (Å²) in [5, 5.41) is 0. The molecule has 0 bridgehead atoms. The summed E-state index contributed by atoms with van der Waals surface area (Å²) in [5.41, 5.74) is 2.07. The molecule has 2 nitrogen and oxygen atoms in total. The van der Waals surface area contributed by atoms with Gasteiger partial charge in [0, 0.05) is 11.6 Å². The van der Waals surface area contributed by atoms with Gasteiger partial charge in [0.25, 0.3) is 0 Å². The van der Waals surface area contributed by atoms with Crippen LogP contribution in [0.5, 0.6) is 0 Å². The molecule has 1 N–H and O–H groups in total. The summed E-state index contributed by atoms with van der Waals surface area (Å²) in [6, 6.07) is 7.83. The lowest BCUT2D eigenvalue weighted by Crippen LogP contribution is -2.59. The number of hydrogen-bond acceptors (Lipinski definition) is 1. The van der Waals surface area contributed by atoms with Gasteiger partial charge in [-0.15, -0.1) is 4.99 Å². The van der Waals surface area contributed by atoms with E-state index in [1.54, 1.807) is 6.08 Å². The van der Waals surface area contributed by atoms with Crippen molar-refractivity contribution < 1.29 is 9.79 Å². The van der Waals surface area contributed by atoms with E-state index >= 15 is 0 Å². The lowest BCUT2D eigenvalue weighted by Gasteiger charge is -1.97. The van der Waals surface area contributed by atoms with E-state index in [-0.39, 0.29) is 0 Å². The first kappa shape index (κ1) is 9.69. The Morgan fingerprint density at radius 1 is 1.38 bits per heavy atom. The van der Waals surface area contributed by atoms with Crippen molar-refractivity contribution in [3.8, 4) is 0 Å². The molecule has 2 heteroatoms. The van der Waals surface area contributed by atoms with Crippen LogP contribution < -0.4 is 4.99 Å². The summed E-state index contributed by atoms with van der Waals surface area (Å²) < 4.78 is 0. The summed E-state index contributed by atoms with van der Waals surface area (Å²) in [5.74, 6) is 0. The van der Waals surface area contributed by atoms with Gasteiger partial charge >= 0.3 is 6.08 Å². The van der Waals surface area contributed by atoms with Crippen molar-refractivity contribution in [1.82, 2.24) is 0 Å². The monoisotopic (exact) mass is 176 g/mol. The predicted octanol–water partition coefficient (Wildman–Crippen LogP) is 1.08. The van der Waals surface area contributed by atoms with Gasteiger partial charge in [-0.1, -0.05) is 31.5 Å². The van der Waals surface area contributed by atoms with Crippen LogP contribution in [0.15, 0.2) is 24.3 Å². The normalized spacial score (nSPS) is 9.31. The molecular formula is C11H14NO+. The molecule has 0 spiro atoms. The number of unbranched alkanes of at least 4 members (excludes halogenated alkanes) is 1. The highest BCUT2D eigenvalue weighted by Gasteiger charge is 2.03. The van der Waals surface area contributed by atoms with E-state index < -0.39 is 0 Å². The highest BCUT2D eigenvalue weighted by atomic mass is 16.1. The van der Waals surface area contributed by atoms with E-state index in [1.165, 1.54) is 12.0 Å². The minimum Gasteiger partial charge on any atom is -0.159 e. The average molecular weight is 176 g/mol. The summed E-state index contributed by atoms with van der Waals surface area (Å²) >= 11 is 0. The van der Waals surface area contributed by atoms with Crippen LogP contribution in [0.4, 0.5) is 5.69 Å². The molecule has 0 fully saturated rings. The molecule has 68 valence electrons. The third-order valence-corrected chi connectivity index (χ3v) is 2.00. The number of isocyanates is 1. The molecule has 0 radical (unpaired) electrons. The maximum Gasteiger partial charge on any atom is 0.428 e. The van der Waals surface area contributed by atoms with E-state index in [2.05, 4.69) is 11.9 Å². The van der Waals surface area contributed by atoms with Gasteiger partial charge in [-0.25, -0.2) is 0 Å². The molecule has 0 heterocycles. The highest BCUT2D eigenvalue weighted by Crippen LogP contribution is 2.11. The minimum absolute atomic E-state index is 0.881. The number of para-hydroxylation sites is 1. The zero-order chi connectivity index (χ0) is 9.52. The van der Waals surface area contributed by atoms with Crippen LogP contribution in [0.25, 0.3) is 0 Å². The second-order valence-corrected chi connectivity index (χ2v) is 2.99. The van der Waals surface area contributed by atoms with E-state index in [0.29, 0.717) is 0 Å². The van der Waals surface area contributed by atoms with Crippen LogP contribution in [-0.2, 0) is 11.2 Å². The number of aryl methyl sites for hydroxylation is 1. The number of carbonyl (C=O) groups excluding carboxylic acids is 1. The maximum absolute atomic E-state index is 10.2. The molecule has 0 aromatic heterocycles. The Hall–Kier alpha value is -1.40. The van der Waals surface area contributed by atoms with Crippen molar-refractivity contribution in [3.63, 3.8) is 0 Å². The Morgan fingerprint density at radius 3 is 2.85 bits per heavy atom. The zero-order valence-corrected chi connectivity index (χ0v) is 7.84. The molecule has 0 aliphatic heterocycles. The topological polar surface area (TPSA) is 31.0 Å². The molecule has 0 aliphatic rings. The van der Waals surface area contributed by atoms with Gasteiger partial charge in [-0.05, 0) is 12.8 Å². The van der Waals surface area contributed by atoms with Crippen molar-refractivity contribution in [1.29, 1.82) is 0 Å². The van der Waals surface area contributed by atoms with Crippen LogP contribution in [0, 0.1) is 0 Å². The Bertz CT molecular complexity index is 314. The Balaban J connectivity index is 2.84. The first-order valence-corrected chi connectivity index (χ1v) is 4.59. The van der Waals surface area contributed by atoms with Crippen molar-refractivity contribution in [2.75, 3.05) is 0 Å². The zero-order valence-electron chi connectivity index (χ0n) is 7.84. The third kappa shape index (κ3) is 2.85. The third-order valence-electron chi connectivity index (χ3n) is 2.00. The van der Waals surface area contributed by atoms with Crippen LogP contribution in [0.1, 0.15) is 25.3 Å². The standard InChI is InChI=1S/C11H13NO/c1-2-3-6-10-7-4-5-8-11(10)12-9-13/h4-5,7-8H,2-3,6H2,1H3/p+1. The fourth-order valence-electron chi connectivity index (χ4n) is 1.28. The number of rotatable bonds is 4. The molecule has 0 atom stereocenters. The number of hydrogen-bond donors (Lipinski definition) is 1. The van der Waals surface area contributed by atoms with Crippen LogP contribution in [0.2, 0.25) is 0 Å². The van der Waals surface area contributed by atoms with Gasteiger partial charge in [0.05, 0.1) is 0 Å².